The van der Waals surface area contributed by atoms with Crippen LogP contribution >= 0.6 is 0 Å². The number of allylic oxidation sites excluding steroid dienone is 1. The van der Waals surface area contributed by atoms with Crippen molar-refractivity contribution in [2.45, 2.75) is 37.8 Å². The largest absolute Gasteiger partial charge is 0.422 e. The van der Waals surface area contributed by atoms with E-state index in [1.165, 1.54) is 0 Å². The van der Waals surface area contributed by atoms with Crippen LogP contribution in [-0.2, 0) is 6.18 Å². The van der Waals surface area contributed by atoms with Crippen molar-refractivity contribution in [1.29, 1.82) is 0 Å². The fourth-order valence-electron chi connectivity index (χ4n) is 3.65. The summed E-state index contributed by atoms with van der Waals surface area (Å²) in [4.78, 5) is 0. The number of halogens is 5. The third-order valence-corrected chi connectivity index (χ3v) is 5.15. The second kappa shape index (κ2) is 7.22. The molecule has 0 aliphatic heterocycles. The van der Waals surface area contributed by atoms with E-state index in [0.717, 1.165) is 43.4 Å². The van der Waals surface area contributed by atoms with Gasteiger partial charge < -0.3 is 0 Å². The molecule has 2 aromatic carbocycles. The van der Waals surface area contributed by atoms with E-state index >= 15 is 0 Å². The van der Waals surface area contributed by atoms with Crippen LogP contribution in [-0.4, -0.2) is 0 Å². The van der Waals surface area contributed by atoms with Crippen molar-refractivity contribution in [1.82, 2.24) is 0 Å². The van der Waals surface area contributed by atoms with Gasteiger partial charge in [0.05, 0.1) is 0 Å². The summed E-state index contributed by atoms with van der Waals surface area (Å²) in [5.41, 5.74) is -0.129. The third kappa shape index (κ3) is 3.81. The number of rotatable bonds is 3. The molecular formula is C21H19F5. The summed E-state index contributed by atoms with van der Waals surface area (Å²) in [6.07, 6.45) is 1.23. The lowest BCUT2D eigenvalue weighted by molar-refractivity contribution is -0.142. The molecule has 138 valence electrons. The summed E-state index contributed by atoms with van der Waals surface area (Å²) in [5.74, 6) is -2.21. The summed E-state index contributed by atoms with van der Waals surface area (Å²) in [7, 11) is 0. The molecule has 1 fully saturated rings. The minimum absolute atomic E-state index is 0.0925. The highest BCUT2D eigenvalue weighted by Gasteiger charge is 2.38. The highest BCUT2D eigenvalue weighted by molar-refractivity contribution is 5.64. The van der Waals surface area contributed by atoms with Gasteiger partial charge in [0.15, 0.2) is 0 Å². The Morgan fingerprint density at radius 1 is 0.846 bits per heavy atom. The van der Waals surface area contributed by atoms with Crippen LogP contribution in [0.3, 0.4) is 0 Å². The molecule has 0 nitrogen and oxygen atoms in total. The molecule has 3 rings (SSSR count). The summed E-state index contributed by atoms with van der Waals surface area (Å²) < 4.78 is 65.5. The summed E-state index contributed by atoms with van der Waals surface area (Å²) in [6.45, 7) is 3.83. The maximum absolute atomic E-state index is 13.8. The van der Waals surface area contributed by atoms with Crippen LogP contribution in [0.2, 0.25) is 0 Å². The molecule has 0 saturated heterocycles. The van der Waals surface area contributed by atoms with Gasteiger partial charge >= 0.3 is 6.18 Å². The van der Waals surface area contributed by atoms with Gasteiger partial charge in [-0.25, -0.2) is 8.78 Å². The molecule has 5 heteroatoms. The Hall–Kier alpha value is -2.17. The second-order valence-electron chi connectivity index (χ2n) is 6.78. The predicted octanol–water partition coefficient (Wildman–Crippen LogP) is 7.11. The first-order valence-corrected chi connectivity index (χ1v) is 8.58. The van der Waals surface area contributed by atoms with Crippen molar-refractivity contribution in [3.8, 4) is 11.1 Å². The number of hydrogen-bond acceptors (Lipinski definition) is 0. The van der Waals surface area contributed by atoms with Gasteiger partial charge in [0.25, 0.3) is 0 Å². The normalized spacial score (nSPS) is 20.8. The van der Waals surface area contributed by atoms with Crippen molar-refractivity contribution >= 4 is 0 Å². The van der Waals surface area contributed by atoms with Crippen LogP contribution in [0.1, 0.15) is 42.7 Å². The Balaban J connectivity index is 1.82. The smallest absolute Gasteiger partial charge is 0.206 e. The van der Waals surface area contributed by atoms with Gasteiger partial charge in [-0.1, -0.05) is 30.3 Å². The van der Waals surface area contributed by atoms with Crippen molar-refractivity contribution in [2.75, 3.05) is 0 Å². The van der Waals surface area contributed by atoms with E-state index in [-0.39, 0.29) is 5.56 Å². The van der Waals surface area contributed by atoms with Gasteiger partial charge in [-0.05, 0) is 66.3 Å². The van der Waals surface area contributed by atoms with Crippen molar-refractivity contribution < 1.29 is 22.0 Å². The maximum atomic E-state index is 13.8. The zero-order valence-corrected chi connectivity index (χ0v) is 14.1. The average molecular weight is 366 g/mol. The molecule has 0 unspecified atom stereocenters. The van der Waals surface area contributed by atoms with E-state index in [1.54, 1.807) is 12.1 Å². The lowest BCUT2D eigenvalue weighted by Crippen LogP contribution is -2.12. The van der Waals surface area contributed by atoms with Crippen LogP contribution < -0.4 is 0 Å². The standard InChI is InChI=1S/C21H19F5/c1-2-13-3-5-14(6-4-13)15-7-9-16(10-8-15)17-11-18(22)20(19(23)12-17)21(24,25)26/h2,7-14H,1,3-6H2. The van der Waals surface area contributed by atoms with Gasteiger partial charge in [-0.2, -0.15) is 13.2 Å². The first-order chi connectivity index (χ1) is 12.3. The number of alkyl halides is 3. The van der Waals surface area contributed by atoms with Crippen molar-refractivity contribution in [2.24, 2.45) is 5.92 Å². The molecule has 0 bridgehead atoms. The van der Waals surface area contributed by atoms with Crippen molar-refractivity contribution in [3.63, 3.8) is 0 Å². The molecule has 0 aromatic heterocycles. The van der Waals surface area contributed by atoms with Gasteiger partial charge in [0.2, 0.25) is 0 Å². The van der Waals surface area contributed by atoms with Crippen LogP contribution in [0, 0.1) is 17.6 Å². The summed E-state index contributed by atoms with van der Waals surface area (Å²) in [5, 5.41) is 0. The van der Waals surface area contributed by atoms with Gasteiger partial charge in [-0.3, -0.25) is 0 Å². The summed E-state index contributed by atoms with van der Waals surface area (Å²) in [6, 6.07) is 8.66. The molecule has 0 radical (unpaired) electrons. The second-order valence-corrected chi connectivity index (χ2v) is 6.78. The number of hydrogen-bond donors (Lipinski definition) is 0. The summed E-state index contributed by atoms with van der Waals surface area (Å²) >= 11 is 0. The van der Waals surface area contributed by atoms with Crippen molar-refractivity contribution in [3.05, 3.63) is 71.8 Å². The van der Waals surface area contributed by atoms with Crippen LogP contribution in [0.25, 0.3) is 11.1 Å². The molecule has 0 heterocycles. The highest BCUT2D eigenvalue weighted by atomic mass is 19.4. The zero-order chi connectivity index (χ0) is 18.9. The highest BCUT2D eigenvalue weighted by Crippen LogP contribution is 2.38. The molecule has 0 spiro atoms. The van der Waals surface area contributed by atoms with Gasteiger partial charge in [0, 0.05) is 0 Å². The fraction of sp³-hybridized carbons (Fsp3) is 0.333. The predicted molar refractivity (Wildman–Crippen MR) is 91.7 cm³/mol. The fourth-order valence-corrected chi connectivity index (χ4v) is 3.65. The molecule has 1 aliphatic rings. The van der Waals surface area contributed by atoms with Crippen LogP contribution in [0.15, 0.2) is 49.1 Å². The van der Waals surface area contributed by atoms with Gasteiger partial charge in [-0.15, -0.1) is 6.58 Å². The molecule has 1 aliphatic carbocycles. The Labute approximate surface area is 149 Å². The quantitative estimate of drug-likeness (QED) is 0.401. The Kier molecular flexibility index (Phi) is 5.17. The first-order valence-electron chi connectivity index (χ1n) is 8.58. The lowest BCUT2D eigenvalue weighted by Gasteiger charge is -2.27. The molecule has 0 amide bonds. The Bertz CT molecular complexity index is 758. The topological polar surface area (TPSA) is 0 Å². The van der Waals surface area contributed by atoms with E-state index < -0.39 is 23.4 Å². The SMILES string of the molecule is C=CC1CCC(c2ccc(-c3cc(F)c(C(F)(F)F)c(F)c3)cc2)CC1. The molecule has 0 N–H and O–H groups in total. The average Bonchev–Trinajstić information content (AvgIpc) is 2.60. The monoisotopic (exact) mass is 366 g/mol. The molecular weight excluding hydrogens is 347 g/mol. The first kappa shape index (κ1) is 18.6. The number of benzene rings is 2. The van der Waals surface area contributed by atoms with E-state index in [9.17, 15) is 22.0 Å². The minimum atomic E-state index is -5.05. The minimum Gasteiger partial charge on any atom is -0.206 e. The Morgan fingerprint density at radius 3 is 1.85 bits per heavy atom. The van der Waals surface area contributed by atoms with Gasteiger partial charge in [0.1, 0.15) is 17.2 Å². The zero-order valence-electron chi connectivity index (χ0n) is 14.1. The Morgan fingerprint density at radius 2 is 1.38 bits per heavy atom. The lowest BCUT2D eigenvalue weighted by atomic mass is 9.78. The molecule has 0 atom stereocenters. The molecule has 26 heavy (non-hydrogen) atoms. The maximum Gasteiger partial charge on any atom is 0.422 e. The molecule has 2 aromatic rings. The van der Waals surface area contributed by atoms with E-state index in [0.29, 0.717) is 17.4 Å². The van der Waals surface area contributed by atoms with E-state index in [2.05, 4.69) is 6.58 Å². The van der Waals surface area contributed by atoms with Crippen LogP contribution in [0.5, 0.6) is 0 Å². The van der Waals surface area contributed by atoms with E-state index in [4.69, 9.17) is 0 Å². The van der Waals surface area contributed by atoms with E-state index in [1.807, 2.05) is 18.2 Å². The molecule has 1 saturated carbocycles. The van der Waals surface area contributed by atoms with Crippen LogP contribution in [0.4, 0.5) is 22.0 Å². The third-order valence-electron chi connectivity index (χ3n) is 5.15.